The van der Waals surface area contributed by atoms with E-state index in [9.17, 15) is 4.79 Å². The second kappa shape index (κ2) is 4.77. The minimum Gasteiger partial charge on any atom is -0.481 e. The van der Waals surface area contributed by atoms with Crippen molar-refractivity contribution in [1.29, 1.82) is 0 Å². The molecule has 0 amide bonds. The van der Waals surface area contributed by atoms with E-state index in [1.807, 2.05) is 0 Å². The third-order valence-electron chi connectivity index (χ3n) is 2.57. The van der Waals surface area contributed by atoms with Crippen molar-refractivity contribution in [3.05, 3.63) is 34.3 Å². The highest BCUT2D eigenvalue weighted by Gasteiger charge is 2.34. The second-order valence-electron chi connectivity index (χ2n) is 3.62. The Morgan fingerprint density at radius 2 is 1.93 bits per heavy atom. The van der Waals surface area contributed by atoms with Gasteiger partial charge < -0.3 is 10.2 Å². The van der Waals surface area contributed by atoms with Gasteiger partial charge in [0.25, 0.3) is 0 Å². The molecule has 0 saturated heterocycles. The van der Waals surface area contributed by atoms with E-state index in [2.05, 4.69) is 15.9 Å². The summed E-state index contributed by atoms with van der Waals surface area (Å²) < 4.78 is 0.906. The molecule has 0 fully saturated rings. The maximum atomic E-state index is 11.2. The number of benzene rings is 1. The number of aliphatic hydroxyl groups excluding tert-OH is 1. The Labute approximate surface area is 96.9 Å². The standard InChI is InChI=1S/C11H13BrO3/c1-11(6-7-13,10(14)15)8-2-4-9(12)5-3-8/h2-5,13H,6-7H2,1H3,(H,14,15). The molecule has 1 atom stereocenters. The Balaban J connectivity index is 3.09. The second-order valence-corrected chi connectivity index (χ2v) is 4.53. The molecule has 0 heterocycles. The van der Waals surface area contributed by atoms with Crippen molar-refractivity contribution in [2.45, 2.75) is 18.8 Å². The molecule has 15 heavy (non-hydrogen) atoms. The highest BCUT2D eigenvalue weighted by Crippen LogP contribution is 2.28. The summed E-state index contributed by atoms with van der Waals surface area (Å²) in [5.74, 6) is -0.918. The predicted octanol–water partition coefficient (Wildman–Crippen LogP) is 2.17. The lowest BCUT2D eigenvalue weighted by Gasteiger charge is -2.24. The zero-order chi connectivity index (χ0) is 11.5. The zero-order valence-electron chi connectivity index (χ0n) is 8.40. The Morgan fingerprint density at radius 1 is 1.40 bits per heavy atom. The Morgan fingerprint density at radius 3 is 2.33 bits per heavy atom. The van der Waals surface area contributed by atoms with Gasteiger partial charge in [-0.1, -0.05) is 28.1 Å². The van der Waals surface area contributed by atoms with Gasteiger partial charge in [0.05, 0.1) is 5.41 Å². The minimum atomic E-state index is -1.02. The van der Waals surface area contributed by atoms with E-state index in [0.29, 0.717) is 5.56 Å². The van der Waals surface area contributed by atoms with Gasteiger partial charge in [-0.15, -0.1) is 0 Å². The van der Waals surface area contributed by atoms with Crippen LogP contribution in [0.4, 0.5) is 0 Å². The summed E-state index contributed by atoms with van der Waals surface area (Å²) in [6.45, 7) is 1.48. The van der Waals surface area contributed by atoms with Crippen molar-refractivity contribution in [3.63, 3.8) is 0 Å². The van der Waals surface area contributed by atoms with Crippen molar-refractivity contribution in [3.8, 4) is 0 Å². The number of aliphatic carboxylic acids is 1. The molecule has 2 N–H and O–H groups in total. The summed E-state index contributed by atoms with van der Waals surface area (Å²) in [6.07, 6.45) is 0.212. The van der Waals surface area contributed by atoms with Gasteiger partial charge in [0.15, 0.2) is 0 Å². The highest BCUT2D eigenvalue weighted by atomic mass is 79.9. The first-order chi connectivity index (χ1) is 7.00. The normalized spacial score (nSPS) is 14.6. The van der Waals surface area contributed by atoms with Crippen molar-refractivity contribution < 1.29 is 15.0 Å². The van der Waals surface area contributed by atoms with Crippen LogP contribution in [-0.4, -0.2) is 22.8 Å². The topological polar surface area (TPSA) is 57.5 Å². The van der Waals surface area contributed by atoms with E-state index >= 15 is 0 Å². The molecule has 1 aromatic rings. The maximum absolute atomic E-state index is 11.2. The third-order valence-corrected chi connectivity index (χ3v) is 3.09. The Bertz CT molecular complexity index is 347. The van der Waals surface area contributed by atoms with Crippen LogP contribution in [0.3, 0.4) is 0 Å². The van der Waals surface area contributed by atoms with Crippen LogP contribution in [0, 0.1) is 0 Å². The van der Waals surface area contributed by atoms with Gasteiger partial charge in [-0.25, -0.2) is 0 Å². The van der Waals surface area contributed by atoms with Gasteiger partial charge in [0, 0.05) is 11.1 Å². The molecule has 0 bridgehead atoms. The van der Waals surface area contributed by atoms with E-state index in [1.54, 1.807) is 31.2 Å². The Kier molecular flexibility index (Phi) is 3.88. The summed E-state index contributed by atoms with van der Waals surface area (Å²) in [6, 6.07) is 7.11. The zero-order valence-corrected chi connectivity index (χ0v) is 9.99. The molecule has 0 spiro atoms. The van der Waals surface area contributed by atoms with Gasteiger partial charge in [-0.05, 0) is 31.0 Å². The van der Waals surface area contributed by atoms with E-state index in [0.717, 1.165) is 4.47 Å². The van der Waals surface area contributed by atoms with Crippen LogP contribution >= 0.6 is 15.9 Å². The molecule has 0 radical (unpaired) electrons. The fraction of sp³-hybridized carbons (Fsp3) is 0.364. The summed E-state index contributed by atoms with van der Waals surface area (Å²) in [5.41, 5.74) is -0.317. The number of rotatable bonds is 4. The van der Waals surface area contributed by atoms with Crippen LogP contribution in [0.1, 0.15) is 18.9 Å². The molecule has 1 unspecified atom stereocenters. The molecule has 82 valence electrons. The van der Waals surface area contributed by atoms with Crippen LogP contribution in [0.15, 0.2) is 28.7 Å². The van der Waals surface area contributed by atoms with Crippen LogP contribution in [0.2, 0.25) is 0 Å². The molecular weight excluding hydrogens is 260 g/mol. The smallest absolute Gasteiger partial charge is 0.313 e. The molecule has 4 heteroatoms. The number of carbonyl (C=O) groups is 1. The van der Waals surface area contributed by atoms with Crippen LogP contribution in [0.25, 0.3) is 0 Å². The third kappa shape index (κ3) is 2.58. The molecule has 0 aliphatic rings. The number of halogens is 1. The SMILES string of the molecule is CC(CCO)(C(=O)O)c1ccc(Br)cc1. The number of carboxylic acids is 1. The van der Waals surface area contributed by atoms with Gasteiger partial charge in [0.2, 0.25) is 0 Å². The molecule has 1 rings (SSSR count). The monoisotopic (exact) mass is 272 g/mol. The van der Waals surface area contributed by atoms with E-state index in [-0.39, 0.29) is 13.0 Å². The van der Waals surface area contributed by atoms with Gasteiger partial charge in [-0.3, -0.25) is 4.79 Å². The van der Waals surface area contributed by atoms with Crippen LogP contribution in [-0.2, 0) is 10.2 Å². The quantitative estimate of drug-likeness (QED) is 0.884. The first kappa shape index (κ1) is 12.2. The van der Waals surface area contributed by atoms with E-state index in [4.69, 9.17) is 10.2 Å². The molecular formula is C11H13BrO3. The Hall–Kier alpha value is -0.870. The van der Waals surface area contributed by atoms with Crippen molar-refractivity contribution >= 4 is 21.9 Å². The van der Waals surface area contributed by atoms with Gasteiger partial charge in [0.1, 0.15) is 0 Å². The van der Waals surface area contributed by atoms with Gasteiger partial charge >= 0.3 is 5.97 Å². The molecule has 0 aliphatic carbocycles. The molecule has 3 nitrogen and oxygen atoms in total. The molecule has 0 aromatic heterocycles. The minimum absolute atomic E-state index is 0.140. The molecule has 0 saturated carbocycles. The fourth-order valence-corrected chi connectivity index (χ4v) is 1.68. The van der Waals surface area contributed by atoms with Crippen molar-refractivity contribution in [2.24, 2.45) is 0 Å². The predicted molar refractivity (Wildman–Crippen MR) is 60.8 cm³/mol. The first-order valence-corrected chi connectivity index (χ1v) is 5.40. The largest absolute Gasteiger partial charge is 0.481 e. The molecule has 0 aliphatic heterocycles. The summed E-state index contributed by atoms with van der Waals surface area (Å²) in [4.78, 5) is 11.2. The lowest BCUT2D eigenvalue weighted by Crippen LogP contribution is -2.33. The summed E-state index contributed by atoms with van der Waals surface area (Å²) in [5, 5.41) is 18.1. The number of carboxylic acid groups (broad SMARTS) is 1. The average molecular weight is 273 g/mol. The average Bonchev–Trinajstić information content (AvgIpc) is 2.18. The first-order valence-electron chi connectivity index (χ1n) is 4.61. The molecule has 1 aromatic carbocycles. The summed E-state index contributed by atoms with van der Waals surface area (Å²) >= 11 is 3.29. The lowest BCUT2D eigenvalue weighted by atomic mass is 9.80. The maximum Gasteiger partial charge on any atom is 0.313 e. The van der Waals surface area contributed by atoms with Crippen molar-refractivity contribution in [1.82, 2.24) is 0 Å². The summed E-state index contributed by atoms with van der Waals surface area (Å²) in [7, 11) is 0. The van der Waals surface area contributed by atoms with E-state index in [1.165, 1.54) is 0 Å². The fourth-order valence-electron chi connectivity index (χ4n) is 1.42. The number of aliphatic hydroxyl groups is 1. The van der Waals surface area contributed by atoms with E-state index < -0.39 is 11.4 Å². The van der Waals surface area contributed by atoms with Crippen molar-refractivity contribution in [2.75, 3.05) is 6.61 Å². The van der Waals surface area contributed by atoms with Crippen LogP contribution < -0.4 is 0 Å². The van der Waals surface area contributed by atoms with Crippen LogP contribution in [0.5, 0.6) is 0 Å². The number of hydrogen-bond acceptors (Lipinski definition) is 2. The highest BCUT2D eigenvalue weighted by molar-refractivity contribution is 9.10. The van der Waals surface area contributed by atoms with Gasteiger partial charge in [-0.2, -0.15) is 0 Å². The lowest BCUT2D eigenvalue weighted by molar-refractivity contribution is -0.143. The number of hydrogen-bond donors (Lipinski definition) is 2.